The van der Waals surface area contributed by atoms with Crippen molar-refractivity contribution in [1.82, 2.24) is 20.1 Å². The van der Waals surface area contributed by atoms with Crippen LogP contribution >= 0.6 is 11.8 Å². The van der Waals surface area contributed by atoms with E-state index < -0.39 is 12.4 Å². The molecular weight excluding hydrogens is 608 g/mol. The van der Waals surface area contributed by atoms with Crippen LogP contribution in [0.1, 0.15) is 37.8 Å². The summed E-state index contributed by atoms with van der Waals surface area (Å²) >= 11 is 1.50. The molecule has 1 aliphatic heterocycles. The van der Waals surface area contributed by atoms with E-state index in [1.54, 1.807) is 12.1 Å². The number of hydrogen-bond acceptors (Lipinski definition) is 5. The predicted octanol–water partition coefficient (Wildman–Crippen LogP) is 7.59. The molecule has 0 radical (unpaired) electrons. The fraction of sp³-hybridized carbons (Fsp3) is 0.312. The number of carbonyl (C=O) groups is 1. The lowest BCUT2D eigenvalue weighted by molar-refractivity contribution is -0.274. The lowest BCUT2D eigenvalue weighted by Gasteiger charge is -2.23. The highest BCUT2D eigenvalue weighted by Crippen LogP contribution is 2.33. The zero-order valence-corrected chi connectivity index (χ0v) is 25.7. The summed E-state index contributed by atoms with van der Waals surface area (Å²) in [5.41, 5.74) is 4.14. The highest BCUT2D eigenvalue weighted by atomic mass is 32.2. The number of anilines is 1. The average molecular weight is 641 g/mol. The number of aromatic nitrogens is 3. The Morgan fingerprint density at radius 3 is 2.49 bits per heavy atom. The van der Waals surface area contributed by atoms with E-state index in [2.05, 4.69) is 25.1 Å². The molecule has 236 valence electrons. The third-order valence-corrected chi connectivity index (χ3v) is 8.06. The van der Waals surface area contributed by atoms with Gasteiger partial charge in [-0.2, -0.15) is 4.99 Å². The van der Waals surface area contributed by atoms with Gasteiger partial charge < -0.3 is 15.0 Å². The summed E-state index contributed by atoms with van der Waals surface area (Å²) in [6, 6.07) is 17.4. The van der Waals surface area contributed by atoms with E-state index in [-0.39, 0.29) is 23.4 Å². The number of hydrogen-bond donors (Lipinski definition) is 1. The van der Waals surface area contributed by atoms with Crippen molar-refractivity contribution in [2.24, 2.45) is 10.9 Å². The standard InChI is InChI=1S/C32H32F4N6O2S/c1-20(2)27-17-24(33)8-13-28(27)41-14-15-45-31(41)39-30(43)37-18-21(3)16-22-4-6-23(7-5-22)29-38-19-42(40-29)25-9-11-26(12-10-25)44-32(34,35)36/h4-13,17,19-21H,14-16,18H2,1-3H3,(H,37,43). The van der Waals surface area contributed by atoms with Crippen molar-refractivity contribution in [1.29, 1.82) is 0 Å². The molecule has 4 aromatic rings. The van der Waals surface area contributed by atoms with Crippen LogP contribution in [-0.2, 0) is 6.42 Å². The minimum absolute atomic E-state index is 0.121. The number of ether oxygens (including phenoxy) is 1. The summed E-state index contributed by atoms with van der Waals surface area (Å²) < 4.78 is 56.5. The first-order valence-corrected chi connectivity index (χ1v) is 15.4. The molecule has 3 aromatic carbocycles. The molecule has 45 heavy (non-hydrogen) atoms. The SMILES string of the molecule is CC(CNC(=O)N=C1SCCN1c1ccc(F)cc1C(C)C)Cc1ccc(-c2ncn(-c3ccc(OC(F)(F)F)cc3)n2)cc1. The van der Waals surface area contributed by atoms with Crippen molar-refractivity contribution in [3.05, 3.63) is 90.0 Å². The second kappa shape index (κ2) is 13.7. The molecule has 0 bridgehead atoms. The van der Waals surface area contributed by atoms with Gasteiger partial charge in [0.2, 0.25) is 0 Å². The van der Waals surface area contributed by atoms with Crippen LogP contribution in [0, 0.1) is 11.7 Å². The first-order valence-electron chi connectivity index (χ1n) is 14.4. The Labute approximate surface area is 262 Å². The molecule has 2 heterocycles. The van der Waals surface area contributed by atoms with Gasteiger partial charge in [-0.25, -0.2) is 18.9 Å². The number of nitrogens with zero attached hydrogens (tertiary/aromatic N) is 5. The number of aliphatic imine (C=N–C) groups is 1. The molecule has 1 aliphatic rings. The summed E-state index contributed by atoms with van der Waals surface area (Å²) in [7, 11) is 0. The van der Waals surface area contributed by atoms with E-state index in [0.29, 0.717) is 29.8 Å². The van der Waals surface area contributed by atoms with Gasteiger partial charge in [-0.05, 0) is 71.8 Å². The maximum Gasteiger partial charge on any atom is 0.573 e. The van der Waals surface area contributed by atoms with Crippen LogP contribution in [-0.4, -0.2) is 51.2 Å². The highest BCUT2D eigenvalue weighted by Gasteiger charge is 2.31. The molecular formula is C32H32F4N6O2S. The Balaban J connectivity index is 1.14. The Bertz CT molecular complexity index is 1660. The van der Waals surface area contributed by atoms with Crippen LogP contribution in [0.4, 0.5) is 28.0 Å². The lowest BCUT2D eigenvalue weighted by atomic mass is 10.00. The molecule has 2 amide bonds. The molecule has 13 heteroatoms. The maximum atomic E-state index is 13.9. The third-order valence-electron chi connectivity index (χ3n) is 7.10. The Morgan fingerprint density at radius 1 is 1.07 bits per heavy atom. The second-order valence-corrected chi connectivity index (χ2v) is 12.1. The van der Waals surface area contributed by atoms with E-state index in [1.165, 1.54) is 53.1 Å². The maximum absolute atomic E-state index is 13.9. The molecule has 0 saturated carbocycles. The van der Waals surface area contributed by atoms with Crippen LogP contribution in [0.25, 0.3) is 17.1 Å². The molecule has 1 unspecified atom stereocenters. The topological polar surface area (TPSA) is 84.6 Å². The number of carbonyl (C=O) groups excluding carboxylic acids is 1. The van der Waals surface area contributed by atoms with Crippen molar-refractivity contribution < 1.29 is 27.1 Å². The normalized spacial score (nSPS) is 15.1. The number of urea groups is 1. The largest absolute Gasteiger partial charge is 0.573 e. The lowest BCUT2D eigenvalue weighted by Crippen LogP contribution is -2.30. The van der Waals surface area contributed by atoms with Crippen molar-refractivity contribution >= 4 is 28.6 Å². The van der Waals surface area contributed by atoms with Gasteiger partial charge in [0.05, 0.1) is 5.69 Å². The molecule has 5 rings (SSSR count). The quantitative estimate of drug-likeness (QED) is 0.190. The number of nitrogens with one attached hydrogen (secondary N) is 1. The molecule has 8 nitrogen and oxygen atoms in total. The number of thioether (sulfide) groups is 1. The molecule has 1 fully saturated rings. The number of amides is 2. The van der Waals surface area contributed by atoms with Gasteiger partial charge in [0, 0.05) is 30.1 Å². The van der Waals surface area contributed by atoms with Crippen LogP contribution in [0.15, 0.2) is 78.0 Å². The number of amidine groups is 1. The fourth-order valence-electron chi connectivity index (χ4n) is 4.92. The third kappa shape index (κ3) is 8.41. The second-order valence-electron chi connectivity index (χ2n) is 11.0. The van der Waals surface area contributed by atoms with Crippen LogP contribution < -0.4 is 15.0 Å². The van der Waals surface area contributed by atoms with Gasteiger partial charge in [-0.1, -0.05) is 56.8 Å². The minimum Gasteiger partial charge on any atom is -0.406 e. The van der Waals surface area contributed by atoms with Gasteiger partial charge >= 0.3 is 12.4 Å². The van der Waals surface area contributed by atoms with Gasteiger partial charge in [0.25, 0.3) is 0 Å². The van der Waals surface area contributed by atoms with E-state index >= 15 is 0 Å². The molecule has 0 aliphatic carbocycles. The van der Waals surface area contributed by atoms with E-state index in [4.69, 9.17) is 0 Å². The first-order chi connectivity index (χ1) is 21.4. The smallest absolute Gasteiger partial charge is 0.406 e. The number of alkyl halides is 3. The summed E-state index contributed by atoms with van der Waals surface area (Å²) in [5, 5.41) is 7.95. The monoisotopic (exact) mass is 640 g/mol. The highest BCUT2D eigenvalue weighted by molar-refractivity contribution is 8.14. The molecule has 1 atom stereocenters. The van der Waals surface area contributed by atoms with Crippen molar-refractivity contribution in [2.45, 2.75) is 39.5 Å². The van der Waals surface area contributed by atoms with Crippen molar-refractivity contribution in [2.75, 3.05) is 23.7 Å². The zero-order valence-electron chi connectivity index (χ0n) is 24.9. The Kier molecular flexibility index (Phi) is 9.76. The number of benzene rings is 3. The van der Waals surface area contributed by atoms with Gasteiger partial charge in [-0.15, -0.1) is 18.3 Å². The van der Waals surface area contributed by atoms with Crippen molar-refractivity contribution in [3.63, 3.8) is 0 Å². The summed E-state index contributed by atoms with van der Waals surface area (Å²) in [6.07, 6.45) is -2.54. The number of halogens is 4. The minimum atomic E-state index is -4.75. The molecule has 0 spiro atoms. The van der Waals surface area contributed by atoms with Crippen LogP contribution in [0.3, 0.4) is 0 Å². The van der Waals surface area contributed by atoms with Crippen LogP contribution in [0.5, 0.6) is 5.75 Å². The van der Waals surface area contributed by atoms with Gasteiger partial charge in [-0.3, -0.25) is 0 Å². The average Bonchev–Trinajstić information content (AvgIpc) is 3.66. The molecule has 1 N–H and O–H groups in total. The summed E-state index contributed by atoms with van der Waals surface area (Å²) in [6.45, 7) is 7.19. The van der Waals surface area contributed by atoms with Gasteiger partial charge in [0.1, 0.15) is 17.9 Å². The van der Waals surface area contributed by atoms with Gasteiger partial charge in [0.15, 0.2) is 11.0 Å². The summed E-state index contributed by atoms with van der Waals surface area (Å²) in [5.74, 6) is 0.918. The first kappa shape index (κ1) is 32.0. The van der Waals surface area contributed by atoms with Crippen LogP contribution in [0.2, 0.25) is 0 Å². The van der Waals surface area contributed by atoms with Crippen molar-refractivity contribution in [3.8, 4) is 22.8 Å². The number of rotatable bonds is 9. The van der Waals surface area contributed by atoms with E-state index in [9.17, 15) is 22.4 Å². The Morgan fingerprint density at radius 2 is 1.80 bits per heavy atom. The van der Waals surface area contributed by atoms with E-state index in [0.717, 1.165) is 34.6 Å². The molecule has 1 aromatic heterocycles. The van der Waals surface area contributed by atoms with E-state index in [1.807, 2.05) is 49.9 Å². The fourth-order valence-corrected chi connectivity index (χ4v) is 5.87. The molecule has 1 saturated heterocycles. The summed E-state index contributed by atoms with van der Waals surface area (Å²) in [4.78, 5) is 23.3. The predicted molar refractivity (Wildman–Crippen MR) is 167 cm³/mol. The zero-order chi connectivity index (χ0) is 32.1. The Hall–Kier alpha value is -4.39.